The molecule has 0 unspecified atom stereocenters. The van der Waals surface area contributed by atoms with E-state index in [1.54, 1.807) is 17.3 Å². The third kappa shape index (κ3) is 2.52. The third-order valence-electron chi connectivity index (χ3n) is 4.06. The predicted octanol–water partition coefficient (Wildman–Crippen LogP) is 3.79. The molecule has 2 aromatic heterocycles. The van der Waals surface area contributed by atoms with E-state index in [1.165, 1.54) is 0 Å². The van der Waals surface area contributed by atoms with Crippen molar-refractivity contribution in [3.05, 3.63) is 54.4 Å². The van der Waals surface area contributed by atoms with Crippen LogP contribution in [0.2, 0.25) is 0 Å². The fourth-order valence-corrected chi connectivity index (χ4v) is 2.77. The molecule has 120 valence electrons. The largest absolute Gasteiger partial charge is 0.457 e. The van der Waals surface area contributed by atoms with Gasteiger partial charge in [0.25, 0.3) is 0 Å². The summed E-state index contributed by atoms with van der Waals surface area (Å²) in [4.78, 5) is 22.2. The third-order valence-corrected chi connectivity index (χ3v) is 4.06. The first-order valence-corrected chi connectivity index (χ1v) is 7.81. The van der Waals surface area contributed by atoms with Crippen LogP contribution in [-0.2, 0) is 6.54 Å². The number of nitrogens with one attached hydrogen (secondary N) is 1. The second kappa shape index (κ2) is 5.81. The summed E-state index contributed by atoms with van der Waals surface area (Å²) >= 11 is 0. The molecule has 0 aliphatic carbocycles. The average Bonchev–Trinajstić information content (AvgIpc) is 2.61. The van der Waals surface area contributed by atoms with E-state index < -0.39 is 0 Å². The number of aromatic nitrogens is 2. The van der Waals surface area contributed by atoms with Gasteiger partial charge in [-0.05, 0) is 31.2 Å². The van der Waals surface area contributed by atoms with Crippen molar-refractivity contribution in [3.8, 4) is 11.5 Å². The highest BCUT2D eigenvalue weighted by atomic mass is 16.5. The number of hydrogen-bond acceptors (Lipinski definition) is 4. The fraction of sp³-hybridized carbons (Fsp3) is 0.167. The van der Waals surface area contributed by atoms with Crippen molar-refractivity contribution in [1.29, 1.82) is 0 Å². The van der Waals surface area contributed by atoms with Crippen molar-refractivity contribution >= 4 is 22.8 Å². The molecule has 0 radical (unpaired) electrons. The summed E-state index contributed by atoms with van der Waals surface area (Å²) < 4.78 is 6.05. The van der Waals surface area contributed by atoms with Gasteiger partial charge >= 0.3 is 6.03 Å². The number of pyridine rings is 2. The zero-order valence-corrected chi connectivity index (χ0v) is 13.2. The number of ether oxygens (including phenoxy) is 1. The van der Waals surface area contributed by atoms with Crippen LogP contribution in [0.25, 0.3) is 10.9 Å². The number of rotatable bonds is 3. The molecular weight excluding hydrogens is 304 g/mol. The zero-order valence-electron chi connectivity index (χ0n) is 13.2. The molecule has 3 heterocycles. The summed E-state index contributed by atoms with van der Waals surface area (Å²) in [5.74, 6) is 1.95. The van der Waals surface area contributed by atoms with Crippen LogP contribution in [0.3, 0.4) is 0 Å². The van der Waals surface area contributed by atoms with Crippen LogP contribution in [0.1, 0.15) is 12.5 Å². The Kier molecular flexibility index (Phi) is 3.49. The van der Waals surface area contributed by atoms with Gasteiger partial charge in [0.15, 0.2) is 0 Å². The van der Waals surface area contributed by atoms with E-state index in [0.29, 0.717) is 30.4 Å². The molecule has 6 heteroatoms. The Labute approximate surface area is 139 Å². The number of nitrogens with zero attached hydrogens (tertiary/aromatic N) is 3. The normalized spacial score (nSPS) is 13.5. The predicted molar refractivity (Wildman–Crippen MR) is 91.2 cm³/mol. The van der Waals surface area contributed by atoms with Gasteiger partial charge in [0.05, 0.1) is 17.6 Å². The number of fused-ring (bicyclic) bond motifs is 2. The van der Waals surface area contributed by atoms with Crippen LogP contribution >= 0.6 is 0 Å². The van der Waals surface area contributed by atoms with Gasteiger partial charge in [0.2, 0.25) is 0 Å². The van der Waals surface area contributed by atoms with Crippen LogP contribution in [0, 0.1) is 0 Å². The highest BCUT2D eigenvalue weighted by Crippen LogP contribution is 2.33. The first-order valence-electron chi connectivity index (χ1n) is 7.81. The number of anilines is 1. The maximum atomic E-state index is 11.9. The number of hydrogen-bond donors (Lipinski definition) is 1. The van der Waals surface area contributed by atoms with Crippen LogP contribution in [-0.4, -0.2) is 27.4 Å². The molecule has 6 nitrogen and oxygen atoms in total. The molecule has 4 rings (SSSR count). The Hall–Kier alpha value is -3.15. The van der Waals surface area contributed by atoms with E-state index in [2.05, 4.69) is 15.3 Å². The van der Waals surface area contributed by atoms with Crippen molar-refractivity contribution in [1.82, 2.24) is 14.9 Å². The van der Waals surface area contributed by atoms with E-state index in [0.717, 1.165) is 16.5 Å². The molecule has 1 aliphatic rings. The first kappa shape index (κ1) is 14.4. The van der Waals surface area contributed by atoms with Gasteiger partial charge in [0, 0.05) is 30.4 Å². The van der Waals surface area contributed by atoms with E-state index in [-0.39, 0.29) is 6.03 Å². The lowest BCUT2D eigenvalue weighted by atomic mass is 10.1. The minimum Gasteiger partial charge on any atom is -0.457 e. The highest BCUT2D eigenvalue weighted by Gasteiger charge is 2.25. The number of urea groups is 1. The molecule has 0 fully saturated rings. The molecule has 1 aromatic carbocycles. The molecule has 0 bridgehead atoms. The molecule has 1 aliphatic heterocycles. The Bertz CT molecular complexity index is 926. The number of amides is 2. The van der Waals surface area contributed by atoms with Crippen molar-refractivity contribution in [3.63, 3.8) is 0 Å². The molecule has 0 saturated carbocycles. The van der Waals surface area contributed by atoms with E-state index in [4.69, 9.17) is 4.74 Å². The zero-order chi connectivity index (χ0) is 16.5. The number of benzene rings is 1. The standard InChI is InChI=1S/C18H16N4O2/c1-2-22-11-14-16(7-9-20-17(14)21-18(22)23)24-13-6-5-12-4-3-8-19-15(12)10-13/h3-10H,2,11H2,1H3,(H,20,21,23). The summed E-state index contributed by atoms with van der Waals surface area (Å²) in [7, 11) is 0. The maximum absolute atomic E-state index is 11.9. The van der Waals surface area contributed by atoms with Crippen molar-refractivity contribution < 1.29 is 9.53 Å². The van der Waals surface area contributed by atoms with E-state index in [1.807, 2.05) is 43.3 Å². The second-order valence-electron chi connectivity index (χ2n) is 5.54. The highest BCUT2D eigenvalue weighted by molar-refractivity contribution is 5.91. The summed E-state index contributed by atoms with van der Waals surface area (Å²) in [5, 5.41) is 3.86. The van der Waals surface area contributed by atoms with Crippen molar-refractivity contribution in [2.45, 2.75) is 13.5 Å². The average molecular weight is 320 g/mol. The lowest BCUT2D eigenvalue weighted by Crippen LogP contribution is -2.38. The first-order chi connectivity index (χ1) is 11.7. The molecular formula is C18H16N4O2. The molecule has 2 amide bonds. The number of carbonyl (C=O) groups is 1. The summed E-state index contributed by atoms with van der Waals surface area (Å²) in [6.07, 6.45) is 3.39. The van der Waals surface area contributed by atoms with Gasteiger partial charge in [-0.3, -0.25) is 10.3 Å². The minimum atomic E-state index is -0.135. The van der Waals surface area contributed by atoms with Gasteiger partial charge in [-0.25, -0.2) is 9.78 Å². The fourth-order valence-electron chi connectivity index (χ4n) is 2.77. The monoisotopic (exact) mass is 320 g/mol. The second-order valence-corrected chi connectivity index (χ2v) is 5.54. The van der Waals surface area contributed by atoms with Gasteiger partial charge in [-0.2, -0.15) is 0 Å². The lowest BCUT2D eigenvalue weighted by molar-refractivity contribution is 0.209. The van der Waals surface area contributed by atoms with Gasteiger partial charge in [0.1, 0.15) is 17.3 Å². The van der Waals surface area contributed by atoms with E-state index >= 15 is 0 Å². The lowest BCUT2D eigenvalue weighted by Gasteiger charge is -2.28. The minimum absolute atomic E-state index is 0.135. The molecule has 3 aromatic rings. The maximum Gasteiger partial charge on any atom is 0.323 e. The summed E-state index contributed by atoms with van der Waals surface area (Å²) in [6.45, 7) is 3.04. The topological polar surface area (TPSA) is 67.3 Å². The van der Waals surface area contributed by atoms with Crippen LogP contribution in [0.5, 0.6) is 11.5 Å². The smallest absolute Gasteiger partial charge is 0.323 e. The summed E-state index contributed by atoms with van der Waals surface area (Å²) in [5.41, 5.74) is 1.75. The van der Waals surface area contributed by atoms with E-state index in [9.17, 15) is 4.79 Å². The Morgan fingerprint density at radius 1 is 1.21 bits per heavy atom. The Morgan fingerprint density at radius 3 is 3.00 bits per heavy atom. The van der Waals surface area contributed by atoms with Crippen LogP contribution in [0.4, 0.5) is 10.6 Å². The van der Waals surface area contributed by atoms with Gasteiger partial charge in [-0.15, -0.1) is 0 Å². The molecule has 0 saturated heterocycles. The van der Waals surface area contributed by atoms with Gasteiger partial charge in [-0.1, -0.05) is 6.07 Å². The molecule has 24 heavy (non-hydrogen) atoms. The molecule has 0 spiro atoms. The number of carbonyl (C=O) groups excluding carboxylic acids is 1. The van der Waals surface area contributed by atoms with Gasteiger partial charge < -0.3 is 9.64 Å². The molecule has 1 N–H and O–H groups in total. The van der Waals surface area contributed by atoms with Crippen LogP contribution < -0.4 is 10.1 Å². The van der Waals surface area contributed by atoms with Crippen molar-refractivity contribution in [2.24, 2.45) is 0 Å². The SMILES string of the molecule is CCN1Cc2c(Oc3ccc4cccnc4c3)ccnc2NC1=O. The summed E-state index contributed by atoms with van der Waals surface area (Å²) in [6, 6.07) is 11.4. The Morgan fingerprint density at radius 2 is 2.12 bits per heavy atom. The van der Waals surface area contributed by atoms with Crippen molar-refractivity contribution in [2.75, 3.05) is 11.9 Å². The Balaban J connectivity index is 1.69. The van der Waals surface area contributed by atoms with Crippen LogP contribution in [0.15, 0.2) is 48.8 Å². The quantitative estimate of drug-likeness (QED) is 0.797. The molecule has 0 atom stereocenters.